The van der Waals surface area contributed by atoms with Gasteiger partial charge in [0.2, 0.25) is 5.78 Å². The SMILES string of the molecule is CCOC(=O)c1c(C)[nH]c(C(=O)COC(=O)CNC(=O)c2ccco2)c1C. The predicted octanol–water partition coefficient (Wildman–Crippen LogP) is 1.56. The zero-order valence-electron chi connectivity index (χ0n) is 15.2. The molecule has 2 aromatic heterocycles. The first-order valence-corrected chi connectivity index (χ1v) is 8.22. The highest BCUT2D eigenvalue weighted by molar-refractivity contribution is 6.02. The molecule has 9 nitrogen and oxygen atoms in total. The molecule has 0 spiro atoms. The summed E-state index contributed by atoms with van der Waals surface area (Å²) in [7, 11) is 0. The molecule has 144 valence electrons. The fraction of sp³-hybridized carbons (Fsp3) is 0.333. The zero-order valence-corrected chi connectivity index (χ0v) is 15.2. The van der Waals surface area contributed by atoms with Crippen LogP contribution in [0.25, 0.3) is 0 Å². The van der Waals surface area contributed by atoms with E-state index in [0.29, 0.717) is 11.3 Å². The van der Waals surface area contributed by atoms with Crippen LogP contribution in [0.3, 0.4) is 0 Å². The molecule has 9 heteroatoms. The molecular weight excluding hydrogens is 356 g/mol. The molecule has 0 aliphatic carbocycles. The number of carbonyl (C=O) groups is 4. The van der Waals surface area contributed by atoms with Crippen LogP contribution in [0.5, 0.6) is 0 Å². The van der Waals surface area contributed by atoms with Gasteiger partial charge in [-0.3, -0.25) is 14.4 Å². The van der Waals surface area contributed by atoms with Crippen molar-refractivity contribution in [1.29, 1.82) is 0 Å². The molecule has 0 aliphatic heterocycles. The number of aromatic nitrogens is 1. The number of hydrogen-bond acceptors (Lipinski definition) is 7. The van der Waals surface area contributed by atoms with Crippen molar-refractivity contribution in [3.05, 3.63) is 46.7 Å². The van der Waals surface area contributed by atoms with Crippen LogP contribution in [0.2, 0.25) is 0 Å². The van der Waals surface area contributed by atoms with Gasteiger partial charge >= 0.3 is 11.9 Å². The molecule has 0 fully saturated rings. The van der Waals surface area contributed by atoms with Gasteiger partial charge in [-0.1, -0.05) is 0 Å². The van der Waals surface area contributed by atoms with E-state index in [4.69, 9.17) is 13.9 Å². The van der Waals surface area contributed by atoms with Crippen LogP contribution < -0.4 is 5.32 Å². The summed E-state index contributed by atoms with van der Waals surface area (Å²) in [4.78, 5) is 50.4. The third kappa shape index (κ3) is 4.84. The second-order valence-corrected chi connectivity index (χ2v) is 5.59. The standard InChI is InChI=1S/C18H20N2O7/c1-4-25-18(24)15-10(2)16(20-11(15)3)12(21)9-27-14(22)8-19-17(23)13-6-5-7-26-13/h5-7,20H,4,8-9H2,1-3H3,(H,19,23). The smallest absolute Gasteiger partial charge is 0.340 e. The molecule has 0 radical (unpaired) electrons. The highest BCUT2D eigenvalue weighted by atomic mass is 16.5. The Balaban J connectivity index is 1.90. The molecule has 1 amide bonds. The van der Waals surface area contributed by atoms with Crippen molar-refractivity contribution in [3.63, 3.8) is 0 Å². The van der Waals surface area contributed by atoms with Crippen LogP contribution in [-0.4, -0.2) is 48.4 Å². The number of ether oxygens (including phenoxy) is 2. The van der Waals surface area contributed by atoms with E-state index in [1.807, 2.05) is 0 Å². The minimum Gasteiger partial charge on any atom is -0.462 e. The molecule has 0 atom stereocenters. The lowest BCUT2D eigenvalue weighted by molar-refractivity contribution is -0.141. The van der Waals surface area contributed by atoms with Crippen molar-refractivity contribution < 1.29 is 33.1 Å². The minimum atomic E-state index is -0.783. The largest absolute Gasteiger partial charge is 0.462 e. The molecule has 0 aliphatic rings. The quantitative estimate of drug-likeness (QED) is 0.528. The Morgan fingerprint density at radius 3 is 2.56 bits per heavy atom. The van der Waals surface area contributed by atoms with Gasteiger partial charge in [0.05, 0.1) is 24.1 Å². The van der Waals surface area contributed by atoms with E-state index in [1.165, 1.54) is 18.4 Å². The molecule has 2 heterocycles. The first kappa shape index (κ1) is 20.0. The van der Waals surface area contributed by atoms with Gasteiger partial charge in [-0.25, -0.2) is 4.79 Å². The van der Waals surface area contributed by atoms with E-state index in [2.05, 4.69) is 10.3 Å². The van der Waals surface area contributed by atoms with Gasteiger partial charge in [0.15, 0.2) is 12.4 Å². The van der Waals surface area contributed by atoms with Crippen molar-refractivity contribution >= 4 is 23.6 Å². The number of Topliss-reactive ketones (excluding diaryl/α,β-unsaturated/α-hetero) is 1. The van der Waals surface area contributed by atoms with Crippen molar-refractivity contribution in [1.82, 2.24) is 10.3 Å². The number of hydrogen-bond donors (Lipinski definition) is 2. The molecule has 27 heavy (non-hydrogen) atoms. The summed E-state index contributed by atoms with van der Waals surface area (Å²) < 4.78 is 14.7. The first-order valence-electron chi connectivity index (χ1n) is 8.22. The van der Waals surface area contributed by atoms with Crippen LogP contribution in [0.1, 0.15) is 49.6 Å². The third-order valence-corrected chi connectivity index (χ3v) is 3.70. The Labute approximate surface area is 155 Å². The van der Waals surface area contributed by atoms with Crippen molar-refractivity contribution in [2.45, 2.75) is 20.8 Å². The van der Waals surface area contributed by atoms with Crippen LogP contribution in [0, 0.1) is 13.8 Å². The van der Waals surface area contributed by atoms with Crippen LogP contribution in [0.15, 0.2) is 22.8 Å². The lowest BCUT2D eigenvalue weighted by Gasteiger charge is -2.05. The molecular formula is C18H20N2O7. The lowest BCUT2D eigenvalue weighted by atomic mass is 10.1. The number of amides is 1. The molecule has 2 N–H and O–H groups in total. The maximum absolute atomic E-state index is 12.3. The Morgan fingerprint density at radius 2 is 1.93 bits per heavy atom. The Kier molecular flexibility index (Phi) is 6.53. The van der Waals surface area contributed by atoms with Gasteiger partial charge in [0.25, 0.3) is 5.91 Å². The maximum Gasteiger partial charge on any atom is 0.340 e. The van der Waals surface area contributed by atoms with Crippen molar-refractivity contribution in [2.24, 2.45) is 0 Å². The molecule has 2 aromatic rings. The van der Waals surface area contributed by atoms with Crippen LogP contribution in [-0.2, 0) is 14.3 Å². The number of rotatable bonds is 8. The van der Waals surface area contributed by atoms with E-state index in [-0.39, 0.29) is 23.6 Å². The summed E-state index contributed by atoms with van der Waals surface area (Å²) in [6, 6.07) is 2.98. The fourth-order valence-corrected chi connectivity index (χ4v) is 2.45. The van der Waals surface area contributed by atoms with Gasteiger partial charge in [0.1, 0.15) is 6.54 Å². The van der Waals surface area contributed by atoms with E-state index < -0.39 is 36.8 Å². The Bertz CT molecular complexity index is 849. The van der Waals surface area contributed by atoms with Gasteiger partial charge in [-0.15, -0.1) is 0 Å². The Morgan fingerprint density at radius 1 is 1.19 bits per heavy atom. The molecule has 0 saturated carbocycles. The van der Waals surface area contributed by atoms with Crippen molar-refractivity contribution in [2.75, 3.05) is 19.8 Å². The highest BCUT2D eigenvalue weighted by Gasteiger charge is 2.23. The predicted molar refractivity (Wildman–Crippen MR) is 92.6 cm³/mol. The number of aryl methyl sites for hydroxylation is 1. The summed E-state index contributed by atoms with van der Waals surface area (Å²) in [5, 5.41) is 2.31. The van der Waals surface area contributed by atoms with Crippen LogP contribution in [0.4, 0.5) is 0 Å². The second kappa shape index (κ2) is 8.84. The number of carbonyl (C=O) groups excluding carboxylic acids is 4. The third-order valence-electron chi connectivity index (χ3n) is 3.70. The summed E-state index contributed by atoms with van der Waals surface area (Å²) in [5.41, 5.74) is 1.38. The van der Waals surface area contributed by atoms with Gasteiger partial charge < -0.3 is 24.2 Å². The maximum atomic E-state index is 12.3. The summed E-state index contributed by atoms with van der Waals surface area (Å²) in [5.74, 6) is -2.33. The molecule has 0 unspecified atom stereocenters. The normalized spacial score (nSPS) is 10.3. The number of ketones is 1. The summed E-state index contributed by atoms with van der Waals surface area (Å²) in [6.07, 6.45) is 1.33. The van der Waals surface area contributed by atoms with E-state index in [0.717, 1.165) is 0 Å². The second-order valence-electron chi connectivity index (χ2n) is 5.59. The number of H-pyrrole nitrogens is 1. The van der Waals surface area contributed by atoms with Gasteiger partial charge in [-0.05, 0) is 38.5 Å². The minimum absolute atomic E-state index is 0.0582. The molecule has 0 bridgehead atoms. The fourth-order valence-electron chi connectivity index (χ4n) is 2.45. The average molecular weight is 376 g/mol. The topological polar surface area (TPSA) is 128 Å². The number of esters is 2. The van der Waals surface area contributed by atoms with Crippen LogP contribution >= 0.6 is 0 Å². The number of furan rings is 1. The van der Waals surface area contributed by atoms with Gasteiger partial charge in [0, 0.05) is 5.69 Å². The molecule has 0 saturated heterocycles. The summed E-state index contributed by atoms with van der Waals surface area (Å²) in [6.45, 7) is 4.21. The lowest BCUT2D eigenvalue weighted by Crippen LogP contribution is -2.31. The van der Waals surface area contributed by atoms with E-state index >= 15 is 0 Å². The van der Waals surface area contributed by atoms with E-state index in [1.54, 1.807) is 20.8 Å². The van der Waals surface area contributed by atoms with E-state index in [9.17, 15) is 19.2 Å². The van der Waals surface area contributed by atoms with Crippen molar-refractivity contribution in [3.8, 4) is 0 Å². The van der Waals surface area contributed by atoms with Gasteiger partial charge in [-0.2, -0.15) is 0 Å². The first-order chi connectivity index (χ1) is 12.8. The molecule has 2 rings (SSSR count). The Hall–Kier alpha value is -3.36. The number of aromatic amines is 1. The average Bonchev–Trinajstić information content (AvgIpc) is 3.26. The summed E-state index contributed by atoms with van der Waals surface area (Å²) >= 11 is 0. The number of nitrogens with one attached hydrogen (secondary N) is 2. The zero-order chi connectivity index (χ0) is 20.0. The monoisotopic (exact) mass is 376 g/mol. The highest BCUT2D eigenvalue weighted by Crippen LogP contribution is 2.19. The molecule has 0 aromatic carbocycles.